The molecule has 0 aliphatic rings. The van der Waals surface area contributed by atoms with E-state index in [-0.39, 0.29) is 5.91 Å². The van der Waals surface area contributed by atoms with Crippen LogP contribution in [0.15, 0.2) is 23.0 Å². The summed E-state index contributed by atoms with van der Waals surface area (Å²) in [5.74, 6) is 0.326. The number of nitrogens with zero attached hydrogens (tertiary/aromatic N) is 1. The number of carbonyl (C=O) groups is 1. The van der Waals surface area contributed by atoms with Gasteiger partial charge in [0, 0.05) is 13.1 Å². The van der Waals surface area contributed by atoms with E-state index in [0.717, 1.165) is 0 Å². The van der Waals surface area contributed by atoms with Crippen LogP contribution in [0, 0.1) is 5.92 Å². The summed E-state index contributed by atoms with van der Waals surface area (Å²) < 4.78 is 4.89. The molecule has 1 aromatic heterocycles. The van der Waals surface area contributed by atoms with Gasteiger partial charge in [-0.25, -0.2) is 0 Å². The van der Waals surface area contributed by atoms with E-state index in [9.17, 15) is 4.79 Å². The summed E-state index contributed by atoms with van der Waals surface area (Å²) in [5.41, 5.74) is 6.14. The number of nitrogens with two attached hydrogens (primary N) is 1. The van der Waals surface area contributed by atoms with Gasteiger partial charge in [-0.3, -0.25) is 4.79 Å². The van der Waals surface area contributed by atoms with Crippen LogP contribution in [0.1, 0.15) is 24.2 Å². The first-order valence-electron chi connectivity index (χ1n) is 5.20. The van der Waals surface area contributed by atoms with Crippen molar-refractivity contribution < 1.29 is 9.21 Å². The highest BCUT2D eigenvalue weighted by Crippen LogP contribution is 2.07. The first kappa shape index (κ1) is 11.8. The third-order valence-electron chi connectivity index (χ3n) is 2.37. The smallest absolute Gasteiger partial charge is 0.257 e. The van der Waals surface area contributed by atoms with Crippen LogP contribution in [0.3, 0.4) is 0 Å². The molecule has 84 valence electrons. The lowest BCUT2D eigenvalue weighted by atomic mass is 10.1. The zero-order valence-electron chi connectivity index (χ0n) is 9.27. The normalized spacial score (nSPS) is 12.5. The van der Waals surface area contributed by atoms with E-state index in [2.05, 4.69) is 0 Å². The molecule has 1 aromatic rings. The van der Waals surface area contributed by atoms with Gasteiger partial charge in [-0.15, -0.1) is 0 Å². The molecular weight excluding hydrogens is 192 g/mol. The number of rotatable bonds is 5. The summed E-state index contributed by atoms with van der Waals surface area (Å²) in [7, 11) is 0. The Labute approximate surface area is 90.0 Å². The number of furan rings is 1. The number of amides is 1. The lowest BCUT2D eigenvalue weighted by Crippen LogP contribution is -2.36. The molecule has 0 saturated heterocycles. The van der Waals surface area contributed by atoms with Crippen molar-refractivity contribution in [2.24, 2.45) is 11.7 Å². The first-order valence-corrected chi connectivity index (χ1v) is 5.20. The molecule has 4 heteroatoms. The minimum Gasteiger partial charge on any atom is -0.472 e. The summed E-state index contributed by atoms with van der Waals surface area (Å²) in [4.78, 5) is 13.7. The first-order chi connectivity index (χ1) is 7.19. The molecule has 0 aliphatic carbocycles. The zero-order chi connectivity index (χ0) is 11.3. The van der Waals surface area contributed by atoms with Crippen molar-refractivity contribution in [2.75, 3.05) is 19.6 Å². The maximum absolute atomic E-state index is 11.9. The maximum Gasteiger partial charge on any atom is 0.257 e. The predicted octanol–water partition coefficient (Wildman–Crippen LogP) is 1.34. The Morgan fingerprint density at radius 3 is 2.87 bits per heavy atom. The van der Waals surface area contributed by atoms with E-state index in [4.69, 9.17) is 10.2 Å². The average Bonchev–Trinajstić information content (AvgIpc) is 2.77. The number of hydrogen-bond acceptors (Lipinski definition) is 3. The molecule has 0 radical (unpaired) electrons. The van der Waals surface area contributed by atoms with E-state index in [1.54, 1.807) is 11.0 Å². The molecule has 0 fully saturated rings. The van der Waals surface area contributed by atoms with Crippen molar-refractivity contribution in [1.29, 1.82) is 0 Å². The molecule has 0 aliphatic heterocycles. The Bertz CT molecular complexity index is 296. The van der Waals surface area contributed by atoms with Gasteiger partial charge in [-0.05, 0) is 25.5 Å². The van der Waals surface area contributed by atoms with Crippen LogP contribution >= 0.6 is 0 Å². The second kappa shape index (κ2) is 5.56. The zero-order valence-corrected chi connectivity index (χ0v) is 9.27. The fraction of sp³-hybridized carbons (Fsp3) is 0.545. The number of hydrogen-bond donors (Lipinski definition) is 1. The van der Waals surface area contributed by atoms with E-state index in [1.165, 1.54) is 12.5 Å². The Kier molecular flexibility index (Phi) is 4.37. The molecule has 1 heterocycles. The summed E-state index contributed by atoms with van der Waals surface area (Å²) >= 11 is 0. The molecule has 1 unspecified atom stereocenters. The lowest BCUT2D eigenvalue weighted by molar-refractivity contribution is 0.0743. The molecule has 0 spiro atoms. The monoisotopic (exact) mass is 210 g/mol. The molecule has 0 bridgehead atoms. The molecule has 1 amide bonds. The average molecular weight is 210 g/mol. The SMILES string of the molecule is CCN(CC(C)CN)C(=O)c1ccoc1. The maximum atomic E-state index is 11.9. The second-order valence-corrected chi connectivity index (χ2v) is 3.70. The highest BCUT2D eigenvalue weighted by molar-refractivity contribution is 5.93. The fourth-order valence-electron chi connectivity index (χ4n) is 1.38. The van der Waals surface area contributed by atoms with Crippen LogP contribution in [-0.4, -0.2) is 30.4 Å². The largest absolute Gasteiger partial charge is 0.472 e. The summed E-state index contributed by atoms with van der Waals surface area (Å²) in [6.07, 6.45) is 2.98. The molecular formula is C11H18N2O2. The third kappa shape index (κ3) is 3.09. The van der Waals surface area contributed by atoms with E-state index >= 15 is 0 Å². The van der Waals surface area contributed by atoms with Crippen molar-refractivity contribution in [3.63, 3.8) is 0 Å². The van der Waals surface area contributed by atoms with E-state index in [0.29, 0.717) is 31.1 Å². The standard InChI is InChI=1S/C11H18N2O2/c1-3-13(7-9(2)6-12)11(14)10-4-5-15-8-10/h4-5,8-9H,3,6-7,12H2,1-2H3. The van der Waals surface area contributed by atoms with E-state index in [1.807, 2.05) is 13.8 Å². The molecule has 0 aromatic carbocycles. The minimum absolute atomic E-state index is 0.00606. The Morgan fingerprint density at radius 2 is 2.40 bits per heavy atom. The van der Waals surface area contributed by atoms with Crippen molar-refractivity contribution in [2.45, 2.75) is 13.8 Å². The highest BCUT2D eigenvalue weighted by Gasteiger charge is 2.16. The molecule has 1 atom stereocenters. The highest BCUT2D eigenvalue weighted by atomic mass is 16.3. The fourth-order valence-corrected chi connectivity index (χ4v) is 1.38. The third-order valence-corrected chi connectivity index (χ3v) is 2.37. The second-order valence-electron chi connectivity index (χ2n) is 3.70. The van der Waals surface area contributed by atoms with Gasteiger partial charge in [0.15, 0.2) is 0 Å². The van der Waals surface area contributed by atoms with Crippen molar-refractivity contribution >= 4 is 5.91 Å². The van der Waals surface area contributed by atoms with Gasteiger partial charge in [-0.1, -0.05) is 6.92 Å². The predicted molar refractivity (Wildman–Crippen MR) is 58.5 cm³/mol. The van der Waals surface area contributed by atoms with Crippen LogP contribution in [0.4, 0.5) is 0 Å². The van der Waals surface area contributed by atoms with Gasteiger partial charge in [0.05, 0.1) is 11.8 Å². The van der Waals surface area contributed by atoms with Gasteiger partial charge < -0.3 is 15.1 Å². The van der Waals surface area contributed by atoms with Gasteiger partial charge in [-0.2, -0.15) is 0 Å². The summed E-state index contributed by atoms with van der Waals surface area (Å²) in [6, 6.07) is 1.68. The summed E-state index contributed by atoms with van der Waals surface area (Å²) in [6.45, 7) is 5.97. The van der Waals surface area contributed by atoms with Gasteiger partial charge >= 0.3 is 0 Å². The van der Waals surface area contributed by atoms with Crippen LogP contribution in [0.5, 0.6) is 0 Å². The van der Waals surface area contributed by atoms with Gasteiger partial charge in [0.1, 0.15) is 6.26 Å². The lowest BCUT2D eigenvalue weighted by Gasteiger charge is -2.23. The minimum atomic E-state index is 0.00606. The van der Waals surface area contributed by atoms with Crippen molar-refractivity contribution in [1.82, 2.24) is 4.90 Å². The molecule has 0 saturated carbocycles. The molecule has 4 nitrogen and oxygen atoms in total. The Hall–Kier alpha value is -1.29. The van der Waals surface area contributed by atoms with Crippen LogP contribution in [-0.2, 0) is 0 Å². The molecule has 1 rings (SSSR count). The Morgan fingerprint density at radius 1 is 1.67 bits per heavy atom. The molecule has 15 heavy (non-hydrogen) atoms. The number of carbonyl (C=O) groups excluding carboxylic acids is 1. The van der Waals surface area contributed by atoms with Crippen LogP contribution in [0.2, 0.25) is 0 Å². The summed E-state index contributed by atoms with van der Waals surface area (Å²) in [5, 5.41) is 0. The van der Waals surface area contributed by atoms with Crippen LogP contribution < -0.4 is 5.73 Å². The van der Waals surface area contributed by atoms with Crippen LogP contribution in [0.25, 0.3) is 0 Å². The van der Waals surface area contributed by atoms with E-state index < -0.39 is 0 Å². The van der Waals surface area contributed by atoms with Crippen molar-refractivity contribution in [3.8, 4) is 0 Å². The van der Waals surface area contributed by atoms with Gasteiger partial charge in [0.2, 0.25) is 0 Å². The Balaban J connectivity index is 2.63. The van der Waals surface area contributed by atoms with Crippen molar-refractivity contribution in [3.05, 3.63) is 24.2 Å². The topological polar surface area (TPSA) is 59.5 Å². The molecule has 2 N–H and O–H groups in total. The van der Waals surface area contributed by atoms with Gasteiger partial charge in [0.25, 0.3) is 5.91 Å². The quantitative estimate of drug-likeness (QED) is 0.797.